The molecule has 16 heavy (non-hydrogen) atoms. The highest BCUT2D eigenvalue weighted by Gasteiger charge is 2.04. The maximum absolute atomic E-state index is 11.6. The molecule has 2 nitrogen and oxygen atoms in total. The fraction of sp³-hybridized carbons (Fsp3) is 0.429. The zero-order valence-corrected chi connectivity index (χ0v) is 10.1. The van der Waals surface area contributed by atoms with Crippen LogP contribution in [0.25, 0.3) is 0 Å². The Kier molecular flexibility index (Phi) is 5.03. The van der Waals surface area contributed by atoms with E-state index in [1.54, 1.807) is 0 Å². The van der Waals surface area contributed by atoms with E-state index in [9.17, 15) is 4.79 Å². The van der Waals surface area contributed by atoms with Crippen molar-refractivity contribution in [2.24, 2.45) is 5.92 Å². The van der Waals surface area contributed by atoms with Gasteiger partial charge < -0.3 is 5.32 Å². The van der Waals surface area contributed by atoms with E-state index in [2.05, 4.69) is 12.2 Å². The molecule has 1 aromatic carbocycles. The molecule has 1 N–H and O–H groups in total. The molecule has 1 radical (unpaired) electrons. The van der Waals surface area contributed by atoms with Crippen molar-refractivity contribution in [3.8, 4) is 0 Å². The molecule has 0 saturated carbocycles. The molecule has 0 fully saturated rings. The third-order valence-electron chi connectivity index (χ3n) is 2.57. The molecule has 0 aliphatic heterocycles. The molecule has 0 heterocycles. The summed E-state index contributed by atoms with van der Waals surface area (Å²) in [6, 6.07) is 7.98. The maximum Gasteiger partial charge on any atom is 0.224 e. The Morgan fingerprint density at radius 3 is 2.75 bits per heavy atom. The lowest BCUT2D eigenvalue weighted by Crippen LogP contribution is -2.27. The fourth-order valence-electron chi connectivity index (χ4n) is 1.50. The summed E-state index contributed by atoms with van der Waals surface area (Å²) in [7, 11) is 0. The van der Waals surface area contributed by atoms with Crippen LogP contribution in [0.3, 0.4) is 0 Å². The lowest BCUT2D eigenvalue weighted by Gasteiger charge is -2.08. The normalized spacial score (nSPS) is 10.5. The first-order valence-electron chi connectivity index (χ1n) is 5.74. The minimum atomic E-state index is 0.0925. The van der Waals surface area contributed by atoms with Gasteiger partial charge in [-0.1, -0.05) is 38.1 Å². The van der Waals surface area contributed by atoms with E-state index in [0.717, 1.165) is 18.5 Å². The van der Waals surface area contributed by atoms with Crippen LogP contribution < -0.4 is 5.32 Å². The van der Waals surface area contributed by atoms with Gasteiger partial charge in [0.1, 0.15) is 0 Å². The van der Waals surface area contributed by atoms with E-state index < -0.39 is 0 Å². The van der Waals surface area contributed by atoms with E-state index in [4.69, 9.17) is 0 Å². The lowest BCUT2D eigenvalue weighted by atomic mass is 10.1. The first kappa shape index (κ1) is 12.8. The monoisotopic (exact) mass is 218 g/mol. The standard InChI is InChI=1S/C14H20NO/c1-11(2)8-9-15-14(16)10-13-7-5-4-6-12(13)3/h4-7,11H,1,8-10H2,2-3H3,(H,15,16). The van der Waals surface area contributed by atoms with Gasteiger partial charge in [0.15, 0.2) is 0 Å². The average Bonchev–Trinajstić information content (AvgIpc) is 2.21. The van der Waals surface area contributed by atoms with E-state index >= 15 is 0 Å². The van der Waals surface area contributed by atoms with Crippen molar-refractivity contribution in [2.75, 3.05) is 6.54 Å². The third kappa shape index (κ3) is 4.47. The Bertz CT molecular complexity index is 344. The quantitative estimate of drug-likeness (QED) is 0.808. The number of nitrogens with one attached hydrogen (secondary N) is 1. The summed E-state index contributed by atoms with van der Waals surface area (Å²) < 4.78 is 0. The van der Waals surface area contributed by atoms with Gasteiger partial charge in [0.25, 0.3) is 0 Å². The van der Waals surface area contributed by atoms with Gasteiger partial charge in [-0.2, -0.15) is 0 Å². The summed E-state index contributed by atoms with van der Waals surface area (Å²) in [6.07, 6.45) is 1.40. The minimum Gasteiger partial charge on any atom is -0.356 e. The van der Waals surface area contributed by atoms with Gasteiger partial charge in [0.05, 0.1) is 6.42 Å². The van der Waals surface area contributed by atoms with Crippen LogP contribution in [0.2, 0.25) is 0 Å². The Morgan fingerprint density at radius 2 is 2.12 bits per heavy atom. The molecule has 87 valence electrons. The molecule has 1 unspecified atom stereocenters. The second kappa shape index (κ2) is 6.31. The summed E-state index contributed by atoms with van der Waals surface area (Å²) in [4.78, 5) is 11.6. The molecule has 1 rings (SSSR count). The Hall–Kier alpha value is -1.31. The minimum absolute atomic E-state index is 0.0925. The SMILES string of the molecule is [CH2]C(C)CCNC(=O)Cc1ccccc1C. The van der Waals surface area contributed by atoms with Gasteiger partial charge >= 0.3 is 0 Å². The van der Waals surface area contributed by atoms with Gasteiger partial charge in [-0.25, -0.2) is 0 Å². The highest BCUT2D eigenvalue weighted by atomic mass is 16.1. The second-order valence-corrected chi connectivity index (χ2v) is 4.35. The first-order valence-corrected chi connectivity index (χ1v) is 5.74. The third-order valence-corrected chi connectivity index (χ3v) is 2.57. The van der Waals surface area contributed by atoms with Crippen LogP contribution in [-0.4, -0.2) is 12.5 Å². The summed E-state index contributed by atoms with van der Waals surface area (Å²) in [5.41, 5.74) is 2.27. The van der Waals surface area contributed by atoms with Crippen LogP contribution in [0.15, 0.2) is 24.3 Å². The molecular weight excluding hydrogens is 198 g/mol. The van der Waals surface area contributed by atoms with Crippen molar-refractivity contribution in [2.45, 2.75) is 26.7 Å². The van der Waals surface area contributed by atoms with E-state index in [-0.39, 0.29) is 5.91 Å². The highest BCUT2D eigenvalue weighted by molar-refractivity contribution is 5.78. The molecular formula is C14H20NO. The predicted octanol–water partition coefficient (Wildman–Crippen LogP) is 2.51. The zero-order valence-electron chi connectivity index (χ0n) is 10.1. The van der Waals surface area contributed by atoms with Crippen LogP contribution in [0.1, 0.15) is 24.5 Å². The van der Waals surface area contributed by atoms with E-state index in [0.29, 0.717) is 12.3 Å². The first-order chi connectivity index (χ1) is 7.59. The van der Waals surface area contributed by atoms with Crippen molar-refractivity contribution in [1.29, 1.82) is 0 Å². The molecule has 2 heteroatoms. The highest BCUT2D eigenvalue weighted by Crippen LogP contribution is 2.07. The average molecular weight is 218 g/mol. The van der Waals surface area contributed by atoms with E-state index in [1.165, 1.54) is 5.56 Å². The fourth-order valence-corrected chi connectivity index (χ4v) is 1.50. The largest absolute Gasteiger partial charge is 0.356 e. The van der Waals surface area contributed by atoms with E-state index in [1.807, 2.05) is 38.1 Å². The van der Waals surface area contributed by atoms with Crippen molar-refractivity contribution >= 4 is 5.91 Å². The number of hydrogen-bond acceptors (Lipinski definition) is 1. The summed E-state index contributed by atoms with van der Waals surface area (Å²) in [6.45, 7) is 8.68. The molecule has 1 atom stereocenters. The molecule has 0 aromatic heterocycles. The Labute approximate surface area is 98.1 Å². The molecule has 0 aliphatic rings. The summed E-state index contributed by atoms with van der Waals surface area (Å²) >= 11 is 0. The van der Waals surface area contributed by atoms with Crippen LogP contribution in [-0.2, 0) is 11.2 Å². The number of carbonyl (C=O) groups excluding carboxylic acids is 1. The summed E-state index contributed by atoms with van der Waals surface area (Å²) in [5, 5.41) is 2.91. The molecule has 1 amide bonds. The van der Waals surface area contributed by atoms with Crippen LogP contribution >= 0.6 is 0 Å². The molecule has 0 bridgehead atoms. The zero-order chi connectivity index (χ0) is 12.0. The smallest absolute Gasteiger partial charge is 0.224 e. The van der Waals surface area contributed by atoms with Crippen molar-refractivity contribution in [1.82, 2.24) is 5.32 Å². The van der Waals surface area contributed by atoms with Crippen LogP contribution in [0, 0.1) is 19.8 Å². The predicted molar refractivity (Wildman–Crippen MR) is 67.0 cm³/mol. The number of rotatable bonds is 5. The van der Waals surface area contributed by atoms with Gasteiger partial charge in [-0.15, -0.1) is 0 Å². The van der Waals surface area contributed by atoms with Crippen LogP contribution in [0.5, 0.6) is 0 Å². The Morgan fingerprint density at radius 1 is 1.44 bits per heavy atom. The summed E-state index contributed by atoms with van der Waals surface area (Å²) in [5.74, 6) is 0.480. The molecule has 0 aliphatic carbocycles. The van der Waals surface area contributed by atoms with Crippen molar-refractivity contribution in [3.63, 3.8) is 0 Å². The second-order valence-electron chi connectivity index (χ2n) is 4.35. The number of benzene rings is 1. The molecule has 0 spiro atoms. The molecule has 1 aromatic rings. The van der Waals surface area contributed by atoms with Crippen molar-refractivity contribution in [3.05, 3.63) is 42.3 Å². The van der Waals surface area contributed by atoms with Gasteiger partial charge in [-0.05, 0) is 30.4 Å². The number of hydrogen-bond donors (Lipinski definition) is 1. The lowest BCUT2D eigenvalue weighted by molar-refractivity contribution is -0.120. The number of amides is 1. The number of carbonyl (C=O) groups is 1. The van der Waals surface area contributed by atoms with Crippen molar-refractivity contribution < 1.29 is 4.79 Å². The maximum atomic E-state index is 11.6. The Balaban J connectivity index is 2.37. The van der Waals surface area contributed by atoms with Crippen LogP contribution in [0.4, 0.5) is 0 Å². The van der Waals surface area contributed by atoms with Gasteiger partial charge in [0.2, 0.25) is 5.91 Å². The number of aryl methyl sites for hydroxylation is 1. The van der Waals surface area contributed by atoms with Gasteiger partial charge in [0, 0.05) is 6.54 Å². The van der Waals surface area contributed by atoms with Gasteiger partial charge in [-0.3, -0.25) is 4.79 Å². The topological polar surface area (TPSA) is 29.1 Å². The molecule has 0 saturated heterocycles.